The normalized spacial score (nSPS) is 15.7. The second-order valence-electron chi connectivity index (χ2n) is 6.91. The predicted molar refractivity (Wildman–Crippen MR) is 129 cm³/mol. The van der Waals surface area contributed by atoms with Gasteiger partial charge >= 0.3 is 0 Å². The maximum absolute atomic E-state index is 12.7. The molecule has 1 saturated heterocycles. The second kappa shape index (κ2) is 9.58. The number of nitrogens with zero attached hydrogens (tertiary/aromatic N) is 1. The van der Waals surface area contributed by atoms with Crippen molar-refractivity contribution in [3.63, 3.8) is 0 Å². The van der Waals surface area contributed by atoms with Crippen molar-refractivity contribution in [2.75, 3.05) is 22.6 Å². The molecule has 31 heavy (non-hydrogen) atoms. The molecule has 1 aliphatic rings. The van der Waals surface area contributed by atoms with Gasteiger partial charge in [-0.15, -0.1) is 11.8 Å². The quantitative estimate of drug-likeness (QED) is 0.462. The van der Waals surface area contributed by atoms with Gasteiger partial charge in [-0.25, -0.2) is 0 Å². The third kappa shape index (κ3) is 4.78. The van der Waals surface area contributed by atoms with Crippen LogP contribution in [-0.2, 0) is 4.79 Å². The minimum atomic E-state index is -0.174. The fraction of sp³-hybridized carbons (Fsp3) is 0.167. The van der Waals surface area contributed by atoms with E-state index >= 15 is 0 Å². The van der Waals surface area contributed by atoms with E-state index in [9.17, 15) is 9.59 Å². The van der Waals surface area contributed by atoms with E-state index in [0.29, 0.717) is 29.4 Å². The first-order valence-corrected chi connectivity index (χ1v) is 11.7. The van der Waals surface area contributed by atoms with E-state index in [2.05, 4.69) is 21.2 Å². The van der Waals surface area contributed by atoms with Crippen molar-refractivity contribution in [1.29, 1.82) is 0 Å². The summed E-state index contributed by atoms with van der Waals surface area (Å²) < 4.78 is 6.59. The first-order chi connectivity index (χ1) is 15.1. The molecular formula is C24H21BrN2O3S. The maximum Gasteiger partial charge on any atom is 0.255 e. The molecule has 5 nitrogen and oxygen atoms in total. The molecule has 3 aromatic carbocycles. The van der Waals surface area contributed by atoms with E-state index in [-0.39, 0.29) is 17.2 Å². The Bertz CT molecular complexity index is 1100. The first kappa shape index (κ1) is 21.5. The number of para-hydroxylation sites is 2. The molecule has 0 unspecified atom stereocenters. The number of hydrogen-bond acceptors (Lipinski definition) is 4. The number of carbonyl (C=O) groups excluding carboxylic acids is 2. The van der Waals surface area contributed by atoms with Crippen LogP contribution in [0.4, 0.5) is 11.4 Å². The molecule has 1 N–H and O–H groups in total. The molecule has 1 atom stereocenters. The van der Waals surface area contributed by atoms with Gasteiger partial charge in [-0.3, -0.25) is 14.5 Å². The van der Waals surface area contributed by atoms with Crippen LogP contribution in [0.2, 0.25) is 0 Å². The van der Waals surface area contributed by atoms with Crippen molar-refractivity contribution in [1.82, 2.24) is 0 Å². The van der Waals surface area contributed by atoms with Crippen LogP contribution < -0.4 is 15.0 Å². The van der Waals surface area contributed by atoms with E-state index in [1.54, 1.807) is 28.8 Å². The monoisotopic (exact) mass is 496 g/mol. The number of halogens is 1. The minimum absolute atomic E-state index is 0.0502. The van der Waals surface area contributed by atoms with Gasteiger partial charge in [0.1, 0.15) is 11.1 Å². The molecule has 1 fully saturated rings. The van der Waals surface area contributed by atoms with Crippen molar-refractivity contribution in [2.24, 2.45) is 0 Å². The van der Waals surface area contributed by atoms with Gasteiger partial charge in [0.05, 0.1) is 18.0 Å². The van der Waals surface area contributed by atoms with Gasteiger partial charge in [0, 0.05) is 15.7 Å². The SMILES string of the molecule is CCOc1ccccc1N1C(=O)CS[C@H]1c1ccc(NC(=O)c2cccc(Br)c2)cc1. The van der Waals surface area contributed by atoms with E-state index in [4.69, 9.17) is 4.74 Å². The van der Waals surface area contributed by atoms with Gasteiger partial charge in [-0.2, -0.15) is 0 Å². The largest absolute Gasteiger partial charge is 0.492 e. The molecule has 1 heterocycles. The lowest BCUT2D eigenvalue weighted by Gasteiger charge is -2.26. The fourth-order valence-electron chi connectivity index (χ4n) is 3.43. The Kier molecular flexibility index (Phi) is 6.63. The number of amides is 2. The zero-order chi connectivity index (χ0) is 21.8. The zero-order valence-electron chi connectivity index (χ0n) is 16.9. The van der Waals surface area contributed by atoms with Crippen LogP contribution in [0.3, 0.4) is 0 Å². The molecular weight excluding hydrogens is 476 g/mol. The molecule has 0 bridgehead atoms. The number of hydrogen-bond donors (Lipinski definition) is 1. The lowest BCUT2D eigenvalue weighted by Crippen LogP contribution is -2.28. The summed E-state index contributed by atoms with van der Waals surface area (Å²) in [6.45, 7) is 2.46. The van der Waals surface area contributed by atoms with Crippen LogP contribution in [0.5, 0.6) is 5.75 Å². The lowest BCUT2D eigenvalue weighted by molar-refractivity contribution is -0.115. The second-order valence-corrected chi connectivity index (χ2v) is 8.90. The Labute approximate surface area is 193 Å². The van der Waals surface area contributed by atoms with Gasteiger partial charge in [0.2, 0.25) is 5.91 Å². The molecule has 0 aliphatic carbocycles. The predicted octanol–water partition coefficient (Wildman–Crippen LogP) is 5.88. The average molecular weight is 497 g/mol. The van der Waals surface area contributed by atoms with Crippen molar-refractivity contribution in [3.8, 4) is 5.75 Å². The summed E-state index contributed by atoms with van der Waals surface area (Å²) >= 11 is 4.96. The lowest BCUT2D eigenvalue weighted by atomic mass is 10.1. The van der Waals surface area contributed by atoms with Crippen molar-refractivity contribution in [2.45, 2.75) is 12.3 Å². The van der Waals surface area contributed by atoms with Gasteiger partial charge in [0.15, 0.2) is 0 Å². The maximum atomic E-state index is 12.7. The highest BCUT2D eigenvalue weighted by Crippen LogP contribution is 2.44. The van der Waals surface area contributed by atoms with Crippen molar-refractivity contribution < 1.29 is 14.3 Å². The molecule has 0 saturated carbocycles. The highest BCUT2D eigenvalue weighted by Gasteiger charge is 2.35. The van der Waals surface area contributed by atoms with Crippen molar-refractivity contribution >= 4 is 50.9 Å². The third-order valence-corrected chi connectivity index (χ3v) is 6.54. The smallest absolute Gasteiger partial charge is 0.255 e. The minimum Gasteiger partial charge on any atom is -0.492 e. The summed E-state index contributed by atoms with van der Waals surface area (Å²) in [7, 11) is 0. The summed E-state index contributed by atoms with van der Waals surface area (Å²) in [6, 6.07) is 22.5. The van der Waals surface area contributed by atoms with Gasteiger partial charge in [0.25, 0.3) is 5.91 Å². The summed E-state index contributed by atoms with van der Waals surface area (Å²) in [5.41, 5.74) is 3.04. The fourth-order valence-corrected chi connectivity index (χ4v) is 5.00. The highest BCUT2D eigenvalue weighted by atomic mass is 79.9. The summed E-state index contributed by atoms with van der Waals surface area (Å²) in [5, 5.41) is 2.76. The summed E-state index contributed by atoms with van der Waals surface area (Å²) in [6.07, 6.45) is 0. The molecule has 7 heteroatoms. The van der Waals surface area contributed by atoms with Crippen LogP contribution in [0, 0.1) is 0 Å². The average Bonchev–Trinajstić information content (AvgIpc) is 3.16. The van der Waals surface area contributed by atoms with Crippen molar-refractivity contribution in [3.05, 3.63) is 88.4 Å². The molecule has 158 valence electrons. The number of benzene rings is 3. The number of nitrogens with one attached hydrogen (secondary N) is 1. The van der Waals surface area contributed by atoms with Crippen LogP contribution >= 0.6 is 27.7 Å². The Hall–Kier alpha value is -2.77. The van der Waals surface area contributed by atoms with Crippen LogP contribution in [0.25, 0.3) is 0 Å². The Balaban J connectivity index is 1.54. The molecule has 1 aliphatic heterocycles. The Morgan fingerprint density at radius 2 is 1.90 bits per heavy atom. The van der Waals surface area contributed by atoms with E-state index in [1.807, 2.05) is 67.6 Å². The number of carbonyl (C=O) groups is 2. The van der Waals surface area contributed by atoms with Crippen LogP contribution in [0.1, 0.15) is 28.2 Å². The highest BCUT2D eigenvalue weighted by molar-refractivity contribution is 9.10. The Morgan fingerprint density at radius 1 is 1.13 bits per heavy atom. The van der Waals surface area contributed by atoms with Gasteiger partial charge in [-0.05, 0) is 55.0 Å². The number of rotatable bonds is 6. The number of ether oxygens (including phenoxy) is 1. The van der Waals surface area contributed by atoms with Crippen LogP contribution in [-0.4, -0.2) is 24.2 Å². The number of thioether (sulfide) groups is 1. The van der Waals surface area contributed by atoms with E-state index < -0.39 is 0 Å². The van der Waals surface area contributed by atoms with E-state index in [1.165, 1.54) is 0 Å². The molecule has 4 rings (SSSR count). The third-order valence-electron chi connectivity index (χ3n) is 4.83. The molecule has 0 radical (unpaired) electrons. The van der Waals surface area contributed by atoms with E-state index in [0.717, 1.165) is 15.7 Å². The molecule has 0 spiro atoms. The summed E-state index contributed by atoms with van der Waals surface area (Å²) in [4.78, 5) is 27.0. The first-order valence-electron chi connectivity index (χ1n) is 9.89. The Morgan fingerprint density at radius 3 is 2.65 bits per heavy atom. The van der Waals surface area contributed by atoms with Crippen LogP contribution in [0.15, 0.2) is 77.3 Å². The standard InChI is InChI=1S/C24H21BrN2O3S/c1-2-30-21-9-4-3-8-20(21)27-22(28)15-31-24(27)16-10-12-19(13-11-16)26-23(29)17-6-5-7-18(25)14-17/h3-14,24H,2,15H2,1H3,(H,26,29)/t24-/m0/s1. The topological polar surface area (TPSA) is 58.6 Å². The van der Waals surface area contributed by atoms with Gasteiger partial charge < -0.3 is 10.1 Å². The summed E-state index contributed by atoms with van der Waals surface area (Å²) in [5.74, 6) is 0.983. The molecule has 3 aromatic rings. The zero-order valence-corrected chi connectivity index (χ0v) is 19.3. The van der Waals surface area contributed by atoms with Gasteiger partial charge in [-0.1, -0.05) is 46.3 Å². The molecule has 0 aromatic heterocycles. The number of anilines is 2. The molecule has 2 amide bonds.